The lowest BCUT2D eigenvalue weighted by Gasteiger charge is -2.30. The first kappa shape index (κ1) is 20.6. The molecule has 0 bridgehead atoms. The second-order valence-electron chi connectivity index (χ2n) is 7.33. The van der Waals surface area contributed by atoms with Crippen LogP contribution in [-0.2, 0) is 14.3 Å². The van der Waals surface area contributed by atoms with E-state index in [1.165, 1.54) is 0 Å². The molecule has 152 valence electrons. The molecule has 0 spiro atoms. The van der Waals surface area contributed by atoms with Crippen LogP contribution in [0.25, 0.3) is 5.57 Å². The molecular weight excluding hydrogens is 366 g/mol. The molecule has 29 heavy (non-hydrogen) atoms. The SMILES string of the molecule is CCOC(=O)[C@@H]1C(=O)C=C(c2cccc(OC)c2)C[C@@H]1c1ccc(N(C)C)cc1. The van der Waals surface area contributed by atoms with Gasteiger partial charge in [0.2, 0.25) is 0 Å². The van der Waals surface area contributed by atoms with Crippen LogP contribution in [0.3, 0.4) is 0 Å². The number of methoxy groups -OCH3 is 1. The molecule has 0 saturated heterocycles. The van der Waals surface area contributed by atoms with Gasteiger partial charge >= 0.3 is 5.97 Å². The summed E-state index contributed by atoms with van der Waals surface area (Å²) in [7, 11) is 5.57. The standard InChI is InChI=1S/C24H27NO4/c1-5-29-24(27)23-21(16-9-11-19(12-10-16)25(2)3)14-18(15-22(23)26)17-7-6-8-20(13-17)28-4/h6-13,15,21,23H,5,14H2,1-4H3/t21-,23+/m1/s1. The lowest BCUT2D eigenvalue weighted by atomic mass is 9.73. The minimum Gasteiger partial charge on any atom is -0.497 e. The second-order valence-corrected chi connectivity index (χ2v) is 7.33. The number of allylic oxidation sites excluding steroid dienone is 2. The van der Waals surface area contributed by atoms with E-state index in [1.54, 1.807) is 20.1 Å². The first-order chi connectivity index (χ1) is 13.9. The van der Waals surface area contributed by atoms with Crippen LogP contribution in [0.1, 0.15) is 30.4 Å². The zero-order valence-electron chi connectivity index (χ0n) is 17.3. The Kier molecular flexibility index (Phi) is 6.37. The maximum absolute atomic E-state index is 13.0. The molecule has 1 aliphatic carbocycles. The van der Waals surface area contributed by atoms with Gasteiger partial charge in [-0.15, -0.1) is 0 Å². The third-order valence-electron chi connectivity index (χ3n) is 5.28. The van der Waals surface area contributed by atoms with E-state index in [1.807, 2.05) is 67.5 Å². The number of anilines is 1. The zero-order valence-corrected chi connectivity index (χ0v) is 17.3. The molecule has 0 heterocycles. The van der Waals surface area contributed by atoms with Gasteiger partial charge in [0.15, 0.2) is 5.78 Å². The van der Waals surface area contributed by atoms with E-state index in [0.717, 1.165) is 28.1 Å². The summed E-state index contributed by atoms with van der Waals surface area (Å²) in [4.78, 5) is 27.6. The molecule has 0 fully saturated rings. The molecule has 0 aromatic heterocycles. The Morgan fingerprint density at radius 3 is 2.48 bits per heavy atom. The summed E-state index contributed by atoms with van der Waals surface area (Å²) in [5.41, 5.74) is 3.84. The first-order valence-corrected chi connectivity index (χ1v) is 9.77. The Bertz CT molecular complexity index is 915. The molecule has 1 aliphatic rings. The van der Waals surface area contributed by atoms with Crippen molar-refractivity contribution < 1.29 is 19.1 Å². The number of benzene rings is 2. The van der Waals surface area contributed by atoms with Crippen LogP contribution in [0.15, 0.2) is 54.6 Å². The molecule has 5 heteroatoms. The first-order valence-electron chi connectivity index (χ1n) is 9.77. The van der Waals surface area contributed by atoms with Crippen LogP contribution in [0, 0.1) is 5.92 Å². The van der Waals surface area contributed by atoms with Gasteiger partial charge in [-0.05, 0) is 60.4 Å². The Morgan fingerprint density at radius 2 is 1.86 bits per heavy atom. The van der Waals surface area contributed by atoms with Gasteiger partial charge in [-0.2, -0.15) is 0 Å². The highest BCUT2D eigenvalue weighted by atomic mass is 16.5. The Labute approximate surface area is 171 Å². The van der Waals surface area contributed by atoms with E-state index in [-0.39, 0.29) is 18.3 Å². The highest BCUT2D eigenvalue weighted by Crippen LogP contribution is 2.41. The molecule has 0 amide bonds. The Morgan fingerprint density at radius 1 is 1.14 bits per heavy atom. The van der Waals surface area contributed by atoms with Crippen LogP contribution >= 0.6 is 0 Å². The van der Waals surface area contributed by atoms with Crippen LogP contribution in [0.5, 0.6) is 5.75 Å². The van der Waals surface area contributed by atoms with Gasteiger partial charge in [0.25, 0.3) is 0 Å². The molecule has 0 aliphatic heterocycles. The lowest BCUT2D eigenvalue weighted by molar-refractivity contribution is -0.151. The quantitative estimate of drug-likeness (QED) is 0.547. The fourth-order valence-corrected chi connectivity index (χ4v) is 3.74. The van der Waals surface area contributed by atoms with Crippen molar-refractivity contribution in [2.45, 2.75) is 19.3 Å². The summed E-state index contributed by atoms with van der Waals surface area (Å²) in [6.45, 7) is 2.00. The molecule has 2 aromatic carbocycles. The van der Waals surface area contributed by atoms with E-state index in [4.69, 9.17) is 9.47 Å². The second kappa shape index (κ2) is 8.95. The smallest absolute Gasteiger partial charge is 0.317 e. The van der Waals surface area contributed by atoms with Gasteiger partial charge < -0.3 is 14.4 Å². The minimum atomic E-state index is -0.825. The maximum atomic E-state index is 13.0. The van der Waals surface area contributed by atoms with Crippen molar-refractivity contribution in [2.75, 3.05) is 32.7 Å². The number of hydrogen-bond donors (Lipinski definition) is 0. The van der Waals surface area contributed by atoms with E-state index >= 15 is 0 Å². The average molecular weight is 393 g/mol. The van der Waals surface area contributed by atoms with Gasteiger partial charge in [-0.25, -0.2) is 0 Å². The fourth-order valence-electron chi connectivity index (χ4n) is 3.74. The fraction of sp³-hybridized carbons (Fsp3) is 0.333. The maximum Gasteiger partial charge on any atom is 0.317 e. The Balaban J connectivity index is 2.01. The number of ether oxygens (including phenoxy) is 2. The number of esters is 1. The Hall–Kier alpha value is -3.08. The lowest BCUT2D eigenvalue weighted by Crippen LogP contribution is -2.34. The monoisotopic (exact) mass is 393 g/mol. The summed E-state index contributed by atoms with van der Waals surface area (Å²) in [6.07, 6.45) is 2.16. The topological polar surface area (TPSA) is 55.8 Å². The van der Waals surface area contributed by atoms with Gasteiger partial charge in [0, 0.05) is 25.7 Å². The van der Waals surface area contributed by atoms with Gasteiger partial charge in [0.05, 0.1) is 13.7 Å². The largest absolute Gasteiger partial charge is 0.497 e. The van der Waals surface area contributed by atoms with Crippen molar-refractivity contribution >= 4 is 23.0 Å². The highest BCUT2D eigenvalue weighted by molar-refractivity contribution is 6.10. The van der Waals surface area contributed by atoms with Crippen molar-refractivity contribution in [2.24, 2.45) is 5.92 Å². The summed E-state index contributed by atoms with van der Waals surface area (Å²) in [5, 5.41) is 0. The molecule has 2 atom stereocenters. The number of carbonyl (C=O) groups is 2. The molecule has 0 saturated carbocycles. The predicted molar refractivity (Wildman–Crippen MR) is 114 cm³/mol. The van der Waals surface area contributed by atoms with Crippen molar-refractivity contribution in [1.82, 2.24) is 0 Å². The molecule has 3 rings (SSSR count). The van der Waals surface area contributed by atoms with Gasteiger partial charge in [-0.3, -0.25) is 9.59 Å². The minimum absolute atomic E-state index is 0.214. The third kappa shape index (κ3) is 4.50. The van der Waals surface area contributed by atoms with Crippen LogP contribution in [-0.4, -0.2) is 39.6 Å². The van der Waals surface area contributed by atoms with Gasteiger partial charge in [-0.1, -0.05) is 24.3 Å². The number of carbonyl (C=O) groups excluding carboxylic acids is 2. The third-order valence-corrected chi connectivity index (χ3v) is 5.28. The zero-order chi connectivity index (χ0) is 21.0. The molecule has 0 radical (unpaired) electrons. The molecule has 2 aromatic rings. The molecule has 0 unspecified atom stereocenters. The van der Waals surface area contributed by atoms with E-state index in [0.29, 0.717) is 6.42 Å². The predicted octanol–water partition coefficient (Wildman–Crippen LogP) is 4.08. The van der Waals surface area contributed by atoms with Crippen molar-refractivity contribution in [3.8, 4) is 5.75 Å². The molecular formula is C24H27NO4. The van der Waals surface area contributed by atoms with Crippen LogP contribution in [0.2, 0.25) is 0 Å². The van der Waals surface area contributed by atoms with E-state index in [2.05, 4.69) is 0 Å². The number of rotatable bonds is 6. The normalized spacial score (nSPS) is 18.8. The number of hydrogen-bond acceptors (Lipinski definition) is 5. The van der Waals surface area contributed by atoms with Crippen molar-refractivity contribution in [3.63, 3.8) is 0 Å². The van der Waals surface area contributed by atoms with E-state index < -0.39 is 11.9 Å². The van der Waals surface area contributed by atoms with Crippen LogP contribution in [0.4, 0.5) is 5.69 Å². The van der Waals surface area contributed by atoms with Crippen molar-refractivity contribution in [1.29, 1.82) is 0 Å². The van der Waals surface area contributed by atoms with Crippen molar-refractivity contribution in [3.05, 3.63) is 65.7 Å². The van der Waals surface area contributed by atoms with E-state index in [9.17, 15) is 9.59 Å². The number of nitrogens with zero attached hydrogens (tertiary/aromatic N) is 1. The summed E-state index contributed by atoms with van der Waals surface area (Å²) in [5.74, 6) is -1.04. The summed E-state index contributed by atoms with van der Waals surface area (Å²) < 4.78 is 10.5. The molecule has 5 nitrogen and oxygen atoms in total. The number of ketones is 1. The van der Waals surface area contributed by atoms with Gasteiger partial charge in [0.1, 0.15) is 11.7 Å². The summed E-state index contributed by atoms with van der Waals surface area (Å²) >= 11 is 0. The van der Waals surface area contributed by atoms with Crippen LogP contribution < -0.4 is 9.64 Å². The summed E-state index contributed by atoms with van der Waals surface area (Å²) in [6, 6.07) is 15.6. The highest BCUT2D eigenvalue weighted by Gasteiger charge is 2.39. The molecule has 0 N–H and O–H groups in total. The average Bonchev–Trinajstić information content (AvgIpc) is 2.73.